The predicted octanol–water partition coefficient (Wildman–Crippen LogP) is 2.53. The second-order valence-electron chi connectivity index (χ2n) is 7.80. The average Bonchev–Trinajstić information content (AvgIpc) is 2.94. The summed E-state index contributed by atoms with van der Waals surface area (Å²) in [6.07, 6.45) is 1.11. The fourth-order valence-electron chi connectivity index (χ4n) is 3.26. The van der Waals surface area contributed by atoms with Crippen molar-refractivity contribution < 1.29 is 19.2 Å². The van der Waals surface area contributed by atoms with Crippen LogP contribution < -0.4 is 5.32 Å². The summed E-state index contributed by atoms with van der Waals surface area (Å²) in [6.45, 7) is 5.94. The molecule has 1 aliphatic rings. The van der Waals surface area contributed by atoms with E-state index >= 15 is 0 Å². The number of amides is 1. The van der Waals surface area contributed by atoms with E-state index in [-0.39, 0.29) is 23.7 Å². The lowest BCUT2D eigenvalue weighted by Gasteiger charge is -2.26. The van der Waals surface area contributed by atoms with Crippen LogP contribution in [0.5, 0.6) is 0 Å². The summed E-state index contributed by atoms with van der Waals surface area (Å²) in [7, 11) is 0. The number of rotatable bonds is 5. The van der Waals surface area contributed by atoms with Gasteiger partial charge in [-0.3, -0.25) is 9.59 Å². The number of hydrogen-bond donors (Lipinski definition) is 2. The highest BCUT2D eigenvalue weighted by atomic mass is 16.5. The Morgan fingerprint density at radius 1 is 1.31 bits per heavy atom. The molecule has 1 aliphatic carbocycles. The standard InChI is InChI=1S/C20H24N2O4/c1-12(23)11-21-19(25)14-6-4-13(5-7-14)8-17-18-15(22-26-17)9-20(2,3)10-16(18)24/h4-7,12,23H,8-11H2,1-3H3,(H,21,25)/t12-/m1/s1. The molecule has 0 spiro atoms. The van der Waals surface area contributed by atoms with Gasteiger partial charge in [0, 0.05) is 24.9 Å². The minimum Gasteiger partial charge on any atom is -0.392 e. The third kappa shape index (κ3) is 4.02. The number of nitrogens with zero attached hydrogens (tertiary/aromatic N) is 1. The molecule has 2 N–H and O–H groups in total. The van der Waals surface area contributed by atoms with Gasteiger partial charge in [0.05, 0.1) is 17.4 Å². The number of aromatic nitrogens is 1. The van der Waals surface area contributed by atoms with Crippen LogP contribution in [0.3, 0.4) is 0 Å². The molecule has 0 saturated carbocycles. The molecule has 1 aromatic heterocycles. The van der Waals surface area contributed by atoms with Crippen LogP contribution in [0.2, 0.25) is 0 Å². The second-order valence-corrected chi connectivity index (χ2v) is 7.80. The molecule has 6 heteroatoms. The smallest absolute Gasteiger partial charge is 0.251 e. The molecule has 2 aromatic rings. The van der Waals surface area contributed by atoms with Crippen molar-refractivity contribution in [3.63, 3.8) is 0 Å². The number of carbonyl (C=O) groups is 2. The Hall–Kier alpha value is -2.47. The summed E-state index contributed by atoms with van der Waals surface area (Å²) in [5, 5.41) is 16.0. The third-order valence-corrected chi connectivity index (χ3v) is 4.54. The van der Waals surface area contributed by atoms with Crippen molar-refractivity contribution in [3.8, 4) is 0 Å². The third-order valence-electron chi connectivity index (χ3n) is 4.54. The number of aliphatic hydroxyl groups excluding tert-OH is 1. The van der Waals surface area contributed by atoms with Crippen molar-refractivity contribution in [2.75, 3.05) is 6.54 Å². The van der Waals surface area contributed by atoms with E-state index in [1.807, 2.05) is 12.1 Å². The van der Waals surface area contributed by atoms with Crippen molar-refractivity contribution in [1.29, 1.82) is 0 Å². The van der Waals surface area contributed by atoms with Crippen molar-refractivity contribution >= 4 is 11.7 Å². The molecule has 1 amide bonds. The van der Waals surface area contributed by atoms with E-state index in [0.717, 1.165) is 17.7 Å². The van der Waals surface area contributed by atoms with Crippen LogP contribution >= 0.6 is 0 Å². The maximum Gasteiger partial charge on any atom is 0.251 e. The summed E-state index contributed by atoms with van der Waals surface area (Å²) in [5.74, 6) is 0.445. The summed E-state index contributed by atoms with van der Waals surface area (Å²) >= 11 is 0. The fourth-order valence-corrected chi connectivity index (χ4v) is 3.26. The summed E-state index contributed by atoms with van der Waals surface area (Å²) < 4.78 is 5.45. The van der Waals surface area contributed by atoms with Crippen LogP contribution in [0.15, 0.2) is 28.8 Å². The van der Waals surface area contributed by atoms with Crippen LogP contribution in [-0.2, 0) is 12.8 Å². The lowest BCUT2D eigenvalue weighted by atomic mass is 9.75. The quantitative estimate of drug-likeness (QED) is 0.859. The van der Waals surface area contributed by atoms with E-state index in [4.69, 9.17) is 4.52 Å². The van der Waals surface area contributed by atoms with Gasteiger partial charge in [0.1, 0.15) is 0 Å². The Bertz CT molecular complexity index is 819. The molecule has 1 atom stereocenters. The van der Waals surface area contributed by atoms with Crippen LogP contribution in [-0.4, -0.2) is 34.6 Å². The Kier molecular flexibility index (Phi) is 4.96. The molecule has 0 unspecified atom stereocenters. The second kappa shape index (κ2) is 7.03. The highest BCUT2D eigenvalue weighted by Gasteiger charge is 2.35. The van der Waals surface area contributed by atoms with Gasteiger partial charge in [-0.1, -0.05) is 31.1 Å². The Morgan fingerprint density at radius 2 is 2.00 bits per heavy atom. The van der Waals surface area contributed by atoms with Gasteiger partial charge in [-0.2, -0.15) is 0 Å². The van der Waals surface area contributed by atoms with E-state index in [9.17, 15) is 14.7 Å². The highest BCUT2D eigenvalue weighted by molar-refractivity contribution is 5.99. The highest BCUT2D eigenvalue weighted by Crippen LogP contribution is 2.36. The molecule has 0 saturated heterocycles. The normalized spacial score (nSPS) is 16.8. The zero-order valence-corrected chi connectivity index (χ0v) is 15.3. The van der Waals surface area contributed by atoms with Gasteiger partial charge in [-0.25, -0.2) is 0 Å². The number of ketones is 1. The molecule has 138 valence electrons. The number of aliphatic hydroxyl groups is 1. The summed E-state index contributed by atoms with van der Waals surface area (Å²) in [6, 6.07) is 7.12. The van der Waals surface area contributed by atoms with Crippen molar-refractivity contribution in [1.82, 2.24) is 10.5 Å². The van der Waals surface area contributed by atoms with Crippen molar-refractivity contribution in [2.24, 2.45) is 5.41 Å². The van der Waals surface area contributed by atoms with Gasteiger partial charge in [0.2, 0.25) is 0 Å². The number of carbonyl (C=O) groups excluding carboxylic acids is 2. The average molecular weight is 356 g/mol. The van der Waals surface area contributed by atoms with Gasteiger partial charge in [-0.15, -0.1) is 0 Å². The number of nitrogens with one attached hydrogen (secondary N) is 1. The van der Waals surface area contributed by atoms with Crippen molar-refractivity contribution in [2.45, 2.75) is 46.1 Å². The van der Waals surface area contributed by atoms with Gasteiger partial charge in [-0.05, 0) is 36.5 Å². The first kappa shape index (κ1) is 18.3. The van der Waals surface area contributed by atoms with Gasteiger partial charge < -0.3 is 14.9 Å². The van der Waals surface area contributed by atoms with Crippen LogP contribution in [0.1, 0.15) is 64.9 Å². The Morgan fingerprint density at radius 3 is 2.65 bits per heavy atom. The first-order chi connectivity index (χ1) is 12.2. The number of fused-ring (bicyclic) bond motifs is 1. The molecule has 0 bridgehead atoms. The van der Waals surface area contributed by atoms with E-state index in [2.05, 4.69) is 24.3 Å². The van der Waals surface area contributed by atoms with Gasteiger partial charge in [0.15, 0.2) is 11.5 Å². The molecule has 0 radical (unpaired) electrons. The van der Waals surface area contributed by atoms with E-state index in [0.29, 0.717) is 29.7 Å². The number of hydrogen-bond acceptors (Lipinski definition) is 5. The van der Waals surface area contributed by atoms with Gasteiger partial charge >= 0.3 is 0 Å². The zero-order valence-electron chi connectivity index (χ0n) is 15.3. The minimum absolute atomic E-state index is 0.0840. The zero-order chi connectivity index (χ0) is 18.9. The maximum atomic E-state index is 12.5. The molecular weight excluding hydrogens is 332 g/mol. The molecule has 3 rings (SSSR count). The molecule has 6 nitrogen and oxygen atoms in total. The fraction of sp³-hybridized carbons (Fsp3) is 0.450. The minimum atomic E-state index is -0.585. The van der Waals surface area contributed by atoms with E-state index in [1.165, 1.54) is 0 Å². The first-order valence-electron chi connectivity index (χ1n) is 8.81. The topological polar surface area (TPSA) is 92.4 Å². The van der Waals surface area contributed by atoms with Crippen LogP contribution in [0, 0.1) is 5.41 Å². The Balaban J connectivity index is 1.72. The first-order valence-corrected chi connectivity index (χ1v) is 8.81. The van der Waals surface area contributed by atoms with Crippen LogP contribution in [0.4, 0.5) is 0 Å². The molecule has 1 heterocycles. The molecular formula is C20H24N2O4. The molecule has 1 aromatic carbocycles. The molecule has 0 fully saturated rings. The van der Waals surface area contributed by atoms with Crippen LogP contribution in [0.25, 0.3) is 0 Å². The van der Waals surface area contributed by atoms with Gasteiger partial charge in [0.25, 0.3) is 5.91 Å². The lowest BCUT2D eigenvalue weighted by Crippen LogP contribution is -2.30. The summed E-state index contributed by atoms with van der Waals surface area (Å²) in [5.41, 5.74) is 2.75. The van der Waals surface area contributed by atoms with E-state index < -0.39 is 6.10 Å². The predicted molar refractivity (Wildman–Crippen MR) is 96.2 cm³/mol. The monoisotopic (exact) mass is 356 g/mol. The number of benzene rings is 1. The Labute approximate surface area is 152 Å². The largest absolute Gasteiger partial charge is 0.392 e. The molecule has 26 heavy (non-hydrogen) atoms. The SMILES string of the molecule is C[C@@H](O)CNC(=O)c1ccc(Cc2onc3c2C(=O)CC(C)(C)C3)cc1. The maximum absolute atomic E-state index is 12.5. The lowest BCUT2D eigenvalue weighted by molar-refractivity contribution is 0.0907. The summed E-state index contributed by atoms with van der Waals surface area (Å²) in [4.78, 5) is 24.4. The van der Waals surface area contributed by atoms with Crippen molar-refractivity contribution in [3.05, 3.63) is 52.4 Å². The number of Topliss-reactive ketones (excluding diaryl/α,β-unsaturated/α-hetero) is 1. The van der Waals surface area contributed by atoms with E-state index in [1.54, 1.807) is 19.1 Å². The molecule has 0 aliphatic heterocycles.